The molecule has 0 N–H and O–H groups in total. The smallest absolute Gasteiger partial charge is 0.00973 e. The molecule has 0 bridgehead atoms. The van der Waals surface area contributed by atoms with Gasteiger partial charge in [0.25, 0.3) is 0 Å². The molecule has 62 valence electrons. The summed E-state index contributed by atoms with van der Waals surface area (Å²) in [5.74, 6) is 0. The van der Waals surface area contributed by atoms with Gasteiger partial charge in [-0.2, -0.15) is 0 Å². The van der Waals surface area contributed by atoms with Crippen LogP contribution in [0.15, 0.2) is 43.0 Å². The first-order chi connectivity index (χ1) is 5.86. The average molecular weight is 158 g/mol. The highest BCUT2D eigenvalue weighted by molar-refractivity contribution is 5.48. The monoisotopic (exact) mass is 158 g/mol. The van der Waals surface area contributed by atoms with Crippen LogP contribution in [-0.4, -0.2) is 0 Å². The van der Waals surface area contributed by atoms with E-state index in [4.69, 9.17) is 0 Å². The van der Waals surface area contributed by atoms with Crippen molar-refractivity contribution >= 4 is 6.08 Å². The lowest BCUT2D eigenvalue weighted by Gasteiger charge is -1.97. The largest absolute Gasteiger partial charge is 0.0985 e. The van der Waals surface area contributed by atoms with E-state index in [1.807, 2.05) is 13.0 Å². The molecule has 0 radical (unpaired) electrons. The third kappa shape index (κ3) is 2.39. The van der Waals surface area contributed by atoms with Gasteiger partial charge in [-0.15, -0.1) is 0 Å². The predicted octanol–water partition coefficient (Wildman–Crippen LogP) is 3.45. The first-order valence-corrected chi connectivity index (χ1v) is 4.19. The molecule has 0 unspecified atom stereocenters. The molecule has 0 heterocycles. The summed E-state index contributed by atoms with van der Waals surface area (Å²) in [7, 11) is 0. The molecule has 0 atom stereocenters. The van der Waals surface area contributed by atoms with Crippen LogP contribution in [0.1, 0.15) is 18.1 Å². The van der Waals surface area contributed by atoms with Gasteiger partial charge in [0.1, 0.15) is 0 Å². The molecule has 0 fully saturated rings. The summed E-state index contributed by atoms with van der Waals surface area (Å²) in [5.41, 5.74) is 2.53. The normalized spacial score (nSPS) is 10.4. The maximum absolute atomic E-state index is 3.73. The van der Waals surface area contributed by atoms with E-state index in [1.54, 1.807) is 0 Å². The Morgan fingerprint density at radius 1 is 1.42 bits per heavy atom. The van der Waals surface area contributed by atoms with Gasteiger partial charge in [-0.05, 0) is 24.5 Å². The lowest BCUT2D eigenvalue weighted by molar-refractivity contribution is 1.26. The lowest BCUT2D eigenvalue weighted by atomic mass is 10.1. The van der Waals surface area contributed by atoms with Crippen LogP contribution in [0.2, 0.25) is 0 Å². The molecule has 0 aliphatic heterocycles. The highest BCUT2D eigenvalue weighted by Crippen LogP contribution is 2.07. The van der Waals surface area contributed by atoms with E-state index in [1.165, 1.54) is 11.1 Å². The van der Waals surface area contributed by atoms with Crippen LogP contribution in [-0.2, 0) is 6.42 Å². The van der Waals surface area contributed by atoms with E-state index in [9.17, 15) is 0 Å². The van der Waals surface area contributed by atoms with Gasteiger partial charge in [0, 0.05) is 0 Å². The van der Waals surface area contributed by atoms with Crippen LogP contribution in [0, 0.1) is 0 Å². The van der Waals surface area contributed by atoms with Crippen molar-refractivity contribution in [2.24, 2.45) is 0 Å². The molecule has 0 amide bonds. The van der Waals surface area contributed by atoms with Crippen molar-refractivity contribution in [3.05, 3.63) is 54.1 Å². The highest BCUT2D eigenvalue weighted by Gasteiger charge is 1.89. The van der Waals surface area contributed by atoms with Gasteiger partial charge in [-0.1, -0.05) is 49.1 Å². The Kier molecular flexibility index (Phi) is 3.34. The minimum Gasteiger partial charge on any atom is -0.0985 e. The van der Waals surface area contributed by atoms with Gasteiger partial charge in [-0.3, -0.25) is 0 Å². The zero-order chi connectivity index (χ0) is 8.81. The van der Waals surface area contributed by atoms with Crippen molar-refractivity contribution in [2.45, 2.75) is 13.3 Å². The maximum atomic E-state index is 3.73. The van der Waals surface area contributed by atoms with Crippen LogP contribution in [0.25, 0.3) is 6.08 Å². The second-order valence-corrected chi connectivity index (χ2v) is 2.72. The third-order valence-electron chi connectivity index (χ3n) is 1.78. The van der Waals surface area contributed by atoms with Crippen LogP contribution in [0.4, 0.5) is 0 Å². The SMILES string of the molecule is C=Cc1cccc(CC=CC)c1. The van der Waals surface area contributed by atoms with Crippen LogP contribution in [0.3, 0.4) is 0 Å². The third-order valence-corrected chi connectivity index (χ3v) is 1.78. The molecule has 0 saturated carbocycles. The predicted molar refractivity (Wildman–Crippen MR) is 55.1 cm³/mol. The summed E-state index contributed by atoms with van der Waals surface area (Å²) in [5, 5.41) is 0. The molecule has 0 aliphatic rings. The van der Waals surface area contributed by atoms with Crippen LogP contribution < -0.4 is 0 Å². The second kappa shape index (κ2) is 4.55. The van der Waals surface area contributed by atoms with Crippen molar-refractivity contribution < 1.29 is 0 Å². The first kappa shape index (κ1) is 8.79. The van der Waals surface area contributed by atoms with Gasteiger partial charge < -0.3 is 0 Å². The van der Waals surface area contributed by atoms with E-state index < -0.39 is 0 Å². The molecule has 0 saturated heterocycles. The summed E-state index contributed by atoms with van der Waals surface area (Å²) in [6, 6.07) is 8.42. The fraction of sp³-hybridized carbons (Fsp3) is 0.167. The fourth-order valence-corrected chi connectivity index (χ4v) is 1.10. The lowest BCUT2D eigenvalue weighted by Crippen LogP contribution is -1.81. The Labute approximate surface area is 74.2 Å². The molecule has 0 spiro atoms. The zero-order valence-corrected chi connectivity index (χ0v) is 7.46. The number of hydrogen-bond donors (Lipinski definition) is 0. The van der Waals surface area contributed by atoms with E-state index in [2.05, 4.69) is 43.0 Å². The standard InChI is InChI=1S/C12H14/c1-3-5-7-12-9-6-8-11(4-2)10-12/h3-6,8-10H,2,7H2,1H3. The van der Waals surface area contributed by atoms with E-state index in [0.29, 0.717) is 0 Å². The molecule has 1 aromatic rings. The van der Waals surface area contributed by atoms with Gasteiger partial charge in [-0.25, -0.2) is 0 Å². The maximum Gasteiger partial charge on any atom is -0.00973 e. The Balaban J connectivity index is 2.79. The van der Waals surface area contributed by atoms with Gasteiger partial charge in [0.05, 0.1) is 0 Å². The molecule has 0 nitrogen and oxygen atoms in total. The first-order valence-electron chi connectivity index (χ1n) is 4.19. The molecule has 0 aliphatic carbocycles. The molecule has 1 aromatic carbocycles. The molecule has 12 heavy (non-hydrogen) atoms. The Bertz CT molecular complexity index is 282. The average Bonchev–Trinajstić information content (AvgIpc) is 2.15. The van der Waals surface area contributed by atoms with Crippen molar-refractivity contribution in [1.29, 1.82) is 0 Å². The summed E-state index contributed by atoms with van der Waals surface area (Å²) < 4.78 is 0. The second-order valence-electron chi connectivity index (χ2n) is 2.72. The Hall–Kier alpha value is -1.30. The molecule has 0 heteroatoms. The van der Waals surface area contributed by atoms with E-state index in [-0.39, 0.29) is 0 Å². The Morgan fingerprint density at radius 2 is 2.25 bits per heavy atom. The summed E-state index contributed by atoms with van der Waals surface area (Å²) in [6.45, 7) is 5.77. The van der Waals surface area contributed by atoms with Crippen LogP contribution >= 0.6 is 0 Å². The number of rotatable bonds is 3. The fourth-order valence-electron chi connectivity index (χ4n) is 1.10. The van der Waals surface area contributed by atoms with Gasteiger partial charge in [0.2, 0.25) is 0 Å². The number of allylic oxidation sites excluding steroid dienone is 2. The molecule has 1 rings (SSSR count). The van der Waals surface area contributed by atoms with Crippen LogP contribution in [0.5, 0.6) is 0 Å². The quantitative estimate of drug-likeness (QED) is 0.591. The molecule has 0 aromatic heterocycles. The van der Waals surface area contributed by atoms with Crippen molar-refractivity contribution in [3.63, 3.8) is 0 Å². The van der Waals surface area contributed by atoms with E-state index >= 15 is 0 Å². The highest BCUT2D eigenvalue weighted by atomic mass is 13.9. The van der Waals surface area contributed by atoms with Gasteiger partial charge >= 0.3 is 0 Å². The number of benzene rings is 1. The van der Waals surface area contributed by atoms with Crippen molar-refractivity contribution in [1.82, 2.24) is 0 Å². The van der Waals surface area contributed by atoms with Gasteiger partial charge in [0.15, 0.2) is 0 Å². The van der Waals surface area contributed by atoms with Crippen molar-refractivity contribution in [2.75, 3.05) is 0 Å². The minimum atomic E-state index is 1.01. The minimum absolute atomic E-state index is 1.01. The molecular formula is C12H14. The molecular weight excluding hydrogens is 144 g/mol. The number of hydrogen-bond acceptors (Lipinski definition) is 0. The Morgan fingerprint density at radius 3 is 2.92 bits per heavy atom. The van der Waals surface area contributed by atoms with E-state index in [0.717, 1.165) is 6.42 Å². The zero-order valence-electron chi connectivity index (χ0n) is 7.46. The topological polar surface area (TPSA) is 0 Å². The summed E-state index contributed by atoms with van der Waals surface area (Å²) in [6.07, 6.45) is 7.11. The summed E-state index contributed by atoms with van der Waals surface area (Å²) >= 11 is 0. The summed E-state index contributed by atoms with van der Waals surface area (Å²) in [4.78, 5) is 0. The van der Waals surface area contributed by atoms with Crippen molar-refractivity contribution in [3.8, 4) is 0 Å².